The summed E-state index contributed by atoms with van der Waals surface area (Å²) in [6.45, 7) is 4.26. The number of aliphatic hydroxyl groups is 1. The van der Waals surface area contributed by atoms with Gasteiger partial charge in [-0.25, -0.2) is 0 Å². The molecule has 2 rings (SSSR count). The lowest BCUT2D eigenvalue weighted by Crippen LogP contribution is -2.11. The van der Waals surface area contributed by atoms with Crippen molar-refractivity contribution in [1.29, 1.82) is 0 Å². The maximum Gasteiger partial charge on any atom is 0.0787 e. The Kier molecular flexibility index (Phi) is 6.50. The second-order valence-corrected chi connectivity index (χ2v) is 6.42. The monoisotopic (exact) mass is 286 g/mol. The van der Waals surface area contributed by atoms with E-state index in [0.717, 1.165) is 17.9 Å². The van der Waals surface area contributed by atoms with Gasteiger partial charge in [-0.05, 0) is 61.5 Å². The standard InChI is InChI=1S/C20H30O/c1-3-5-6-7-16-8-10-17(11-9-16)18-12-14-19(15-13-18)20(21)4-2/h6-7,12-17,20-21H,3-5,8-11H2,1-2H3/b7-6+. The molecule has 1 nitrogen and oxygen atoms in total. The number of rotatable bonds is 6. The van der Waals surface area contributed by atoms with Crippen LogP contribution in [0, 0.1) is 5.92 Å². The van der Waals surface area contributed by atoms with Crippen LogP contribution in [0.25, 0.3) is 0 Å². The lowest BCUT2D eigenvalue weighted by Gasteiger charge is -2.27. The minimum Gasteiger partial charge on any atom is -0.388 e. The number of allylic oxidation sites excluding steroid dienone is 2. The van der Waals surface area contributed by atoms with Crippen LogP contribution < -0.4 is 0 Å². The number of hydrogen-bond donors (Lipinski definition) is 1. The highest BCUT2D eigenvalue weighted by Crippen LogP contribution is 2.36. The molecular formula is C20H30O. The molecule has 0 aromatic heterocycles. The van der Waals surface area contributed by atoms with Gasteiger partial charge in [0.15, 0.2) is 0 Å². The van der Waals surface area contributed by atoms with Crippen LogP contribution in [0.15, 0.2) is 36.4 Å². The molecule has 1 atom stereocenters. The summed E-state index contributed by atoms with van der Waals surface area (Å²) in [5.41, 5.74) is 2.51. The highest BCUT2D eigenvalue weighted by atomic mass is 16.3. The molecule has 1 saturated carbocycles. The fourth-order valence-electron chi connectivity index (χ4n) is 3.33. The van der Waals surface area contributed by atoms with E-state index < -0.39 is 0 Å². The molecule has 0 saturated heterocycles. The fraction of sp³-hybridized carbons (Fsp3) is 0.600. The molecule has 1 heteroatoms. The van der Waals surface area contributed by atoms with Gasteiger partial charge >= 0.3 is 0 Å². The van der Waals surface area contributed by atoms with Crippen molar-refractivity contribution in [3.05, 3.63) is 47.5 Å². The second kappa shape index (κ2) is 8.38. The Morgan fingerprint density at radius 1 is 1.10 bits per heavy atom. The van der Waals surface area contributed by atoms with Crippen molar-refractivity contribution in [2.24, 2.45) is 5.92 Å². The molecule has 1 aromatic carbocycles. The van der Waals surface area contributed by atoms with Crippen LogP contribution in [0.1, 0.15) is 81.9 Å². The average Bonchev–Trinajstić information content (AvgIpc) is 2.55. The van der Waals surface area contributed by atoms with Gasteiger partial charge < -0.3 is 5.11 Å². The maximum absolute atomic E-state index is 9.86. The van der Waals surface area contributed by atoms with Crippen molar-refractivity contribution in [1.82, 2.24) is 0 Å². The third-order valence-electron chi connectivity index (χ3n) is 4.81. The van der Waals surface area contributed by atoms with Gasteiger partial charge in [0, 0.05) is 0 Å². The van der Waals surface area contributed by atoms with Crippen LogP contribution in [-0.4, -0.2) is 5.11 Å². The molecule has 0 heterocycles. The lowest BCUT2D eigenvalue weighted by atomic mass is 9.78. The molecule has 116 valence electrons. The van der Waals surface area contributed by atoms with E-state index in [-0.39, 0.29) is 6.10 Å². The summed E-state index contributed by atoms with van der Waals surface area (Å²) in [7, 11) is 0. The first-order valence-corrected chi connectivity index (χ1v) is 8.69. The van der Waals surface area contributed by atoms with Crippen LogP contribution in [0.3, 0.4) is 0 Å². The first-order chi connectivity index (χ1) is 10.2. The molecule has 0 radical (unpaired) electrons. The highest BCUT2D eigenvalue weighted by molar-refractivity contribution is 5.27. The molecule has 1 unspecified atom stereocenters. The van der Waals surface area contributed by atoms with E-state index >= 15 is 0 Å². The molecule has 0 bridgehead atoms. The van der Waals surface area contributed by atoms with Crippen molar-refractivity contribution in [3.63, 3.8) is 0 Å². The Morgan fingerprint density at radius 3 is 2.33 bits per heavy atom. The van der Waals surface area contributed by atoms with Crippen molar-refractivity contribution in [2.75, 3.05) is 0 Å². The van der Waals surface area contributed by atoms with E-state index in [1.165, 1.54) is 44.1 Å². The number of unbranched alkanes of at least 4 members (excludes halogenated alkanes) is 1. The van der Waals surface area contributed by atoms with Gasteiger partial charge in [-0.1, -0.05) is 56.7 Å². The Labute approximate surface area is 130 Å². The van der Waals surface area contributed by atoms with E-state index in [1.54, 1.807) is 0 Å². The zero-order valence-electron chi connectivity index (χ0n) is 13.6. The molecule has 21 heavy (non-hydrogen) atoms. The summed E-state index contributed by atoms with van der Waals surface area (Å²) in [5, 5.41) is 9.86. The normalized spacial score (nSPS) is 24.3. The summed E-state index contributed by atoms with van der Waals surface area (Å²) in [6.07, 6.45) is 13.0. The number of aliphatic hydroxyl groups excluding tert-OH is 1. The summed E-state index contributed by atoms with van der Waals surface area (Å²) in [6, 6.07) is 8.67. The van der Waals surface area contributed by atoms with E-state index in [0.29, 0.717) is 5.92 Å². The van der Waals surface area contributed by atoms with Crippen LogP contribution in [-0.2, 0) is 0 Å². The molecule has 0 amide bonds. The molecule has 1 aliphatic rings. The summed E-state index contributed by atoms with van der Waals surface area (Å²) < 4.78 is 0. The van der Waals surface area contributed by atoms with Crippen molar-refractivity contribution in [2.45, 2.75) is 70.8 Å². The van der Waals surface area contributed by atoms with Gasteiger partial charge in [-0.3, -0.25) is 0 Å². The molecule has 1 aliphatic carbocycles. The SMILES string of the molecule is CCC/C=C/C1CCC(c2ccc(C(O)CC)cc2)CC1. The van der Waals surface area contributed by atoms with Crippen LogP contribution in [0.4, 0.5) is 0 Å². The summed E-state index contributed by atoms with van der Waals surface area (Å²) in [5.74, 6) is 1.52. The van der Waals surface area contributed by atoms with Gasteiger partial charge in [0.25, 0.3) is 0 Å². The smallest absolute Gasteiger partial charge is 0.0787 e. The van der Waals surface area contributed by atoms with E-state index in [9.17, 15) is 5.11 Å². The second-order valence-electron chi connectivity index (χ2n) is 6.42. The fourth-order valence-corrected chi connectivity index (χ4v) is 3.33. The topological polar surface area (TPSA) is 20.2 Å². The Morgan fingerprint density at radius 2 is 1.76 bits per heavy atom. The highest BCUT2D eigenvalue weighted by Gasteiger charge is 2.20. The summed E-state index contributed by atoms with van der Waals surface area (Å²) >= 11 is 0. The molecular weight excluding hydrogens is 256 g/mol. The molecule has 0 aliphatic heterocycles. The molecule has 1 fully saturated rings. The van der Waals surface area contributed by atoms with Gasteiger partial charge in [-0.2, -0.15) is 0 Å². The predicted octanol–water partition coefficient (Wildman–Crippen LogP) is 5.76. The van der Waals surface area contributed by atoms with E-state index in [4.69, 9.17) is 0 Å². The Bertz CT molecular complexity index is 424. The van der Waals surface area contributed by atoms with Gasteiger partial charge in [0.05, 0.1) is 6.10 Å². The summed E-state index contributed by atoms with van der Waals surface area (Å²) in [4.78, 5) is 0. The largest absolute Gasteiger partial charge is 0.388 e. The minimum atomic E-state index is -0.307. The maximum atomic E-state index is 9.86. The third-order valence-corrected chi connectivity index (χ3v) is 4.81. The number of hydrogen-bond acceptors (Lipinski definition) is 1. The molecule has 1 N–H and O–H groups in total. The van der Waals surface area contributed by atoms with Crippen LogP contribution >= 0.6 is 0 Å². The first kappa shape index (κ1) is 16.3. The predicted molar refractivity (Wildman–Crippen MR) is 90.4 cm³/mol. The lowest BCUT2D eigenvalue weighted by molar-refractivity contribution is 0.173. The molecule has 1 aromatic rings. The van der Waals surface area contributed by atoms with Crippen molar-refractivity contribution < 1.29 is 5.11 Å². The van der Waals surface area contributed by atoms with Crippen molar-refractivity contribution in [3.8, 4) is 0 Å². The number of benzene rings is 1. The minimum absolute atomic E-state index is 0.307. The van der Waals surface area contributed by atoms with E-state index in [1.807, 2.05) is 6.92 Å². The van der Waals surface area contributed by atoms with Gasteiger partial charge in [-0.15, -0.1) is 0 Å². The average molecular weight is 286 g/mol. The zero-order valence-corrected chi connectivity index (χ0v) is 13.6. The van der Waals surface area contributed by atoms with E-state index in [2.05, 4.69) is 43.3 Å². The Balaban J connectivity index is 1.87. The Hall–Kier alpha value is -1.08. The third kappa shape index (κ3) is 4.71. The zero-order chi connectivity index (χ0) is 15.1. The van der Waals surface area contributed by atoms with Gasteiger partial charge in [0.1, 0.15) is 0 Å². The van der Waals surface area contributed by atoms with Crippen LogP contribution in [0.5, 0.6) is 0 Å². The van der Waals surface area contributed by atoms with Crippen LogP contribution in [0.2, 0.25) is 0 Å². The first-order valence-electron chi connectivity index (χ1n) is 8.69. The molecule has 0 spiro atoms. The van der Waals surface area contributed by atoms with Gasteiger partial charge in [0.2, 0.25) is 0 Å². The quantitative estimate of drug-likeness (QED) is 0.659. The van der Waals surface area contributed by atoms with Crippen molar-refractivity contribution >= 4 is 0 Å².